The zero-order valence-corrected chi connectivity index (χ0v) is 14.7. The van der Waals surface area contributed by atoms with Crippen LogP contribution in [0, 0.1) is 0 Å². The Kier molecular flexibility index (Phi) is 4.35. The van der Waals surface area contributed by atoms with Gasteiger partial charge in [-0.15, -0.1) is 0 Å². The molecular formula is C18H29N5O. The summed E-state index contributed by atoms with van der Waals surface area (Å²) < 4.78 is 0. The van der Waals surface area contributed by atoms with Crippen molar-refractivity contribution in [3.05, 3.63) is 17.7 Å². The van der Waals surface area contributed by atoms with E-state index >= 15 is 0 Å². The number of H-pyrrole nitrogens is 1. The lowest BCUT2D eigenvalue weighted by atomic mass is 9.84. The zero-order chi connectivity index (χ0) is 16.6. The van der Waals surface area contributed by atoms with Gasteiger partial charge in [-0.3, -0.25) is 15.0 Å². The van der Waals surface area contributed by atoms with Gasteiger partial charge in [-0.2, -0.15) is 0 Å². The summed E-state index contributed by atoms with van der Waals surface area (Å²) >= 11 is 0. The molecule has 0 radical (unpaired) electrons. The minimum atomic E-state index is -0.103. The van der Waals surface area contributed by atoms with Gasteiger partial charge in [0.15, 0.2) is 0 Å². The lowest BCUT2D eigenvalue weighted by Gasteiger charge is -2.41. The van der Waals surface area contributed by atoms with Crippen molar-refractivity contribution in [1.29, 1.82) is 0 Å². The number of carbonyl (C=O) groups excluding carboxylic acids is 1. The van der Waals surface area contributed by atoms with Gasteiger partial charge >= 0.3 is 0 Å². The Hall–Kier alpha value is -1.40. The Balaban J connectivity index is 1.46. The van der Waals surface area contributed by atoms with Crippen LogP contribution in [-0.2, 0) is 16.8 Å². The summed E-state index contributed by atoms with van der Waals surface area (Å²) in [6.07, 6.45) is 8.35. The smallest absolute Gasteiger partial charge is 0.240 e. The van der Waals surface area contributed by atoms with Crippen molar-refractivity contribution in [3.63, 3.8) is 0 Å². The fourth-order valence-electron chi connectivity index (χ4n) is 4.78. The zero-order valence-electron chi connectivity index (χ0n) is 14.7. The molecule has 2 N–H and O–H groups in total. The molecule has 4 rings (SSSR count). The van der Waals surface area contributed by atoms with Gasteiger partial charge in [0.1, 0.15) is 0 Å². The summed E-state index contributed by atoms with van der Waals surface area (Å²) in [5.41, 5.74) is 2.26. The number of aromatic amines is 1. The van der Waals surface area contributed by atoms with Gasteiger partial charge in [-0.05, 0) is 25.8 Å². The number of hydrogen-bond donors (Lipinski definition) is 2. The first kappa shape index (κ1) is 16.1. The maximum absolute atomic E-state index is 13.1. The number of rotatable bonds is 3. The third-order valence-corrected chi connectivity index (χ3v) is 6.01. The van der Waals surface area contributed by atoms with Crippen LogP contribution in [0.2, 0.25) is 0 Å². The summed E-state index contributed by atoms with van der Waals surface area (Å²) in [6, 6.07) is -0.103. The summed E-state index contributed by atoms with van der Waals surface area (Å²) in [4.78, 5) is 25.5. The van der Waals surface area contributed by atoms with Crippen molar-refractivity contribution < 1.29 is 4.79 Å². The van der Waals surface area contributed by atoms with Crippen molar-refractivity contribution >= 4 is 5.91 Å². The molecule has 1 aromatic heterocycles. The Morgan fingerprint density at radius 3 is 2.75 bits per heavy atom. The quantitative estimate of drug-likeness (QED) is 0.875. The summed E-state index contributed by atoms with van der Waals surface area (Å²) in [5, 5.41) is 3.72. The molecule has 1 spiro atoms. The average Bonchev–Trinajstić information content (AvgIpc) is 3.25. The Bertz CT molecular complexity index is 584. The number of carbonyl (C=O) groups is 1. The van der Waals surface area contributed by atoms with E-state index in [4.69, 9.17) is 0 Å². The van der Waals surface area contributed by atoms with Gasteiger partial charge in [0, 0.05) is 38.3 Å². The summed E-state index contributed by atoms with van der Waals surface area (Å²) in [7, 11) is 0. The number of aromatic nitrogens is 2. The molecule has 6 nitrogen and oxygen atoms in total. The molecular weight excluding hydrogens is 302 g/mol. The molecule has 1 atom stereocenters. The molecule has 1 saturated carbocycles. The molecule has 3 aliphatic rings. The number of amides is 1. The monoisotopic (exact) mass is 331 g/mol. The maximum atomic E-state index is 13.1. The number of nitrogens with one attached hydrogen (secondary N) is 2. The van der Waals surface area contributed by atoms with Gasteiger partial charge in [-0.25, -0.2) is 4.98 Å². The minimum absolute atomic E-state index is 0.0715. The largest absolute Gasteiger partial charge is 0.348 e. The van der Waals surface area contributed by atoms with Crippen LogP contribution < -0.4 is 5.32 Å². The molecule has 6 heteroatoms. The molecule has 1 amide bonds. The van der Waals surface area contributed by atoms with Crippen molar-refractivity contribution in [3.8, 4) is 0 Å². The van der Waals surface area contributed by atoms with Crippen LogP contribution in [0.3, 0.4) is 0 Å². The summed E-state index contributed by atoms with van der Waals surface area (Å²) in [5.74, 6) is 0.276. The lowest BCUT2D eigenvalue weighted by molar-refractivity contribution is -0.136. The molecule has 24 heavy (non-hydrogen) atoms. The Morgan fingerprint density at radius 1 is 1.29 bits per heavy atom. The average molecular weight is 331 g/mol. The van der Waals surface area contributed by atoms with Crippen LogP contribution in [0.15, 0.2) is 6.33 Å². The number of piperazine rings is 1. The standard InChI is InChI=1S/C18H29N5O/c1-2-7-22-8-10-23(11-9-22)17(24)15-12-14-16(20-13-19-14)18(21-15)5-3-4-6-18/h13,15,21H,2-12H2,1H3,(H,19,20)/t15-/m0/s1. The second-order valence-corrected chi connectivity index (χ2v) is 7.59. The topological polar surface area (TPSA) is 64.3 Å². The molecule has 2 fully saturated rings. The number of fused-ring (bicyclic) bond motifs is 2. The van der Waals surface area contributed by atoms with E-state index < -0.39 is 0 Å². The third-order valence-electron chi connectivity index (χ3n) is 6.01. The van der Waals surface area contributed by atoms with E-state index in [9.17, 15) is 4.79 Å². The minimum Gasteiger partial charge on any atom is -0.348 e. The maximum Gasteiger partial charge on any atom is 0.240 e. The van der Waals surface area contributed by atoms with Gasteiger partial charge < -0.3 is 9.88 Å². The van der Waals surface area contributed by atoms with E-state index in [0.29, 0.717) is 0 Å². The van der Waals surface area contributed by atoms with Gasteiger partial charge in [0.05, 0.1) is 23.6 Å². The van der Waals surface area contributed by atoms with Crippen LogP contribution in [0.1, 0.15) is 50.4 Å². The molecule has 1 saturated heterocycles. The highest BCUT2D eigenvalue weighted by atomic mass is 16.2. The number of imidazole rings is 1. The van der Waals surface area contributed by atoms with Crippen LogP contribution in [0.5, 0.6) is 0 Å². The van der Waals surface area contributed by atoms with E-state index in [1.807, 2.05) is 0 Å². The fourth-order valence-corrected chi connectivity index (χ4v) is 4.78. The molecule has 1 aliphatic carbocycles. The molecule has 2 aliphatic heterocycles. The predicted molar refractivity (Wildman–Crippen MR) is 92.7 cm³/mol. The first-order valence-corrected chi connectivity index (χ1v) is 9.53. The Labute approximate surface area is 144 Å². The van der Waals surface area contributed by atoms with Crippen molar-refractivity contribution in [2.75, 3.05) is 32.7 Å². The van der Waals surface area contributed by atoms with Gasteiger partial charge in [-0.1, -0.05) is 19.8 Å². The first-order valence-electron chi connectivity index (χ1n) is 9.53. The second kappa shape index (κ2) is 6.48. The number of hydrogen-bond acceptors (Lipinski definition) is 4. The fraction of sp³-hybridized carbons (Fsp3) is 0.778. The molecule has 0 bridgehead atoms. The van der Waals surface area contributed by atoms with Crippen LogP contribution in [-0.4, -0.2) is 64.4 Å². The van der Waals surface area contributed by atoms with E-state index in [0.717, 1.165) is 57.7 Å². The molecule has 3 heterocycles. The van der Waals surface area contributed by atoms with E-state index in [1.165, 1.54) is 25.0 Å². The molecule has 0 aromatic carbocycles. The lowest BCUT2D eigenvalue weighted by Crippen LogP contribution is -2.60. The Morgan fingerprint density at radius 2 is 2.04 bits per heavy atom. The van der Waals surface area contributed by atoms with Crippen molar-refractivity contribution in [1.82, 2.24) is 25.1 Å². The predicted octanol–water partition coefficient (Wildman–Crippen LogP) is 1.25. The normalized spacial score (nSPS) is 26.7. The highest BCUT2D eigenvalue weighted by molar-refractivity contribution is 5.83. The van der Waals surface area contributed by atoms with Crippen molar-refractivity contribution in [2.45, 2.75) is 57.0 Å². The highest BCUT2D eigenvalue weighted by Crippen LogP contribution is 2.42. The van der Waals surface area contributed by atoms with Crippen molar-refractivity contribution in [2.24, 2.45) is 0 Å². The third kappa shape index (κ3) is 2.75. The first-order chi connectivity index (χ1) is 11.7. The van der Waals surface area contributed by atoms with Crippen LogP contribution in [0.4, 0.5) is 0 Å². The van der Waals surface area contributed by atoms with E-state index in [2.05, 4.69) is 32.0 Å². The van der Waals surface area contributed by atoms with Gasteiger partial charge in [0.2, 0.25) is 5.91 Å². The molecule has 132 valence electrons. The molecule has 0 unspecified atom stereocenters. The van der Waals surface area contributed by atoms with E-state index in [1.54, 1.807) is 6.33 Å². The second-order valence-electron chi connectivity index (χ2n) is 7.59. The molecule has 1 aromatic rings. The van der Waals surface area contributed by atoms with Crippen LogP contribution >= 0.6 is 0 Å². The summed E-state index contributed by atoms with van der Waals surface area (Å²) in [6.45, 7) is 7.09. The van der Waals surface area contributed by atoms with Crippen LogP contribution in [0.25, 0.3) is 0 Å². The highest BCUT2D eigenvalue weighted by Gasteiger charge is 2.46. The van der Waals surface area contributed by atoms with E-state index in [-0.39, 0.29) is 17.5 Å². The van der Waals surface area contributed by atoms with Gasteiger partial charge in [0.25, 0.3) is 0 Å². The SMILES string of the molecule is CCCN1CCN(C(=O)[C@@H]2Cc3[nH]cnc3C3(CCCC3)N2)CC1. The number of nitrogens with zero attached hydrogens (tertiary/aromatic N) is 3.